The largest absolute Gasteiger partial charge is 1.00 e. The van der Waals surface area contributed by atoms with Crippen molar-refractivity contribution in [2.24, 2.45) is 0 Å². The number of carbonyl (C=O) groups excluding carboxylic acids is 4. The molecule has 4 aliphatic rings. The first-order chi connectivity index (χ1) is 40.2. The maximum atomic E-state index is 12.3. The molecule has 480 valence electrons. The number of phosphoric ester groups is 4. The molecular formula is C38H50N10Na4O34P4. The Bertz CT molecular complexity index is 3300. The minimum atomic E-state index is -5.68. The van der Waals surface area contributed by atoms with Gasteiger partial charge in [0.15, 0.2) is 60.2 Å². The van der Waals surface area contributed by atoms with Gasteiger partial charge in [0.1, 0.15) is 84.7 Å². The van der Waals surface area contributed by atoms with E-state index in [-0.39, 0.29) is 152 Å². The molecule has 0 saturated carbocycles. The summed E-state index contributed by atoms with van der Waals surface area (Å²) in [4.78, 5) is 112. The van der Waals surface area contributed by atoms with Crippen LogP contribution < -0.4 is 150 Å². The Morgan fingerprint density at radius 1 is 0.489 bits per heavy atom. The van der Waals surface area contributed by atoms with Crippen molar-refractivity contribution >= 4 is 89.1 Å². The van der Waals surface area contributed by atoms with Crippen molar-refractivity contribution in [2.45, 2.75) is 124 Å². The van der Waals surface area contributed by atoms with Crippen molar-refractivity contribution in [1.29, 1.82) is 0 Å². The molecule has 4 saturated heterocycles. The minimum Gasteiger partial charge on any atom is -0.756 e. The summed E-state index contributed by atoms with van der Waals surface area (Å²) in [6, 6.07) is 0. The molecule has 0 radical (unpaired) electrons. The predicted octanol–water partition coefficient (Wildman–Crippen LogP) is -21.7. The molecule has 0 spiro atoms. The molecule has 0 aliphatic carbocycles. The number of carboxylic acid groups (broad SMARTS) is 2. The van der Waals surface area contributed by atoms with Crippen molar-refractivity contribution in [3.8, 4) is 0 Å². The number of aromatic nitrogens is 8. The summed E-state index contributed by atoms with van der Waals surface area (Å²) in [5.74, 6) is -5.36. The number of carboxylic acids is 2. The number of phosphoric acid groups is 4. The molecule has 0 amide bonds. The van der Waals surface area contributed by atoms with Crippen LogP contribution in [0.3, 0.4) is 0 Å². The Balaban J connectivity index is 0.000000450. The second-order valence-electron chi connectivity index (χ2n) is 18.2. The average molecular weight is 1410 g/mol. The molecule has 44 nitrogen and oxygen atoms in total. The number of nitrogens with zero attached hydrogens (tertiary/aromatic N) is 8. The number of esters is 2. The number of imidazole rings is 2. The normalized spacial score (nSPS) is 30.5. The first-order valence-electron chi connectivity index (χ1n) is 24.2. The van der Waals surface area contributed by atoms with E-state index in [1.54, 1.807) is 0 Å². The van der Waals surface area contributed by atoms with Crippen LogP contribution in [0.4, 0.5) is 11.6 Å². The molecule has 14 N–H and O–H groups in total. The summed E-state index contributed by atoms with van der Waals surface area (Å²) in [6.45, 7) is -4.15. The van der Waals surface area contributed by atoms with Crippen LogP contribution in [0.25, 0.3) is 22.3 Å². The number of anilines is 2. The van der Waals surface area contributed by atoms with E-state index in [1.165, 1.54) is 21.8 Å². The number of aliphatic carboxylic acids is 2. The third-order valence-corrected chi connectivity index (χ3v) is 17.4. The molecule has 8 rings (SSSR count). The van der Waals surface area contributed by atoms with Crippen molar-refractivity contribution < 1.29 is 281 Å². The summed E-state index contributed by atoms with van der Waals surface area (Å²) < 4.78 is 108. The first kappa shape index (κ1) is 82.8. The molecular weight excluding hydrogens is 1360 g/mol. The smallest absolute Gasteiger partial charge is 0.756 e. The number of rotatable bonds is 26. The molecule has 4 aromatic rings. The van der Waals surface area contributed by atoms with Crippen LogP contribution in [-0.4, -0.2) is 226 Å². The second kappa shape index (κ2) is 35.2. The van der Waals surface area contributed by atoms with E-state index in [2.05, 4.69) is 56.6 Å². The summed E-state index contributed by atoms with van der Waals surface area (Å²) in [6.07, 6.45) is -24.9. The van der Waals surface area contributed by atoms with E-state index in [1.807, 2.05) is 0 Å². The van der Waals surface area contributed by atoms with E-state index in [9.17, 15) is 108 Å². The van der Waals surface area contributed by atoms with E-state index in [0.29, 0.717) is 0 Å². The number of nitrogens with two attached hydrogens (primary N) is 2. The second-order valence-corrected chi connectivity index (χ2v) is 24.2. The molecule has 8 heterocycles. The third-order valence-electron chi connectivity index (χ3n) is 12.2. The van der Waals surface area contributed by atoms with Gasteiger partial charge in [0, 0.05) is 11.9 Å². The fourth-order valence-electron chi connectivity index (χ4n) is 8.13. The molecule has 52 heteroatoms. The Morgan fingerprint density at radius 2 is 0.856 bits per heavy atom. The fraction of sp³-hybridized carbons (Fsp3) is 0.632. The maximum absolute atomic E-state index is 12.3. The van der Waals surface area contributed by atoms with Gasteiger partial charge in [0.2, 0.25) is 0 Å². The zero-order valence-corrected chi connectivity index (χ0v) is 58.6. The standard InChI is InChI=1S/2C19H27N5O17P2.4Na/c20-16-11-17(22-5-21-16)24(6-23-11)18-13(29)12(28)7(38-18)3-36-42(32,33)41-43(34,35)37-4-8-15(14(30)19(31)39-8)40-10(27)2-1-9(25)26;20-16-11-17(22-5-21-16)24(6-23-11)18-14(30)12(28)7(38-18)3-36-42(32,33)41-43(34,35)37-4-8-13(29)15(19(31)39-8)40-10(27)2-1-9(25)26;;;;/h2*5-8,12-15,18-19,28-31H,1-4H2,(H,25,26)(H,32,33)(H,34,35)(H2,20,21,22);;;;/q;;4*+1/p-4/t2*7-,8-,12-,13-,14-,15-,18-,19?;;;;/m11..../s1. The van der Waals surface area contributed by atoms with Gasteiger partial charge in [-0.3, -0.25) is 36.9 Å². The van der Waals surface area contributed by atoms with Crippen LogP contribution >= 0.6 is 31.3 Å². The van der Waals surface area contributed by atoms with E-state index < -0.39 is 206 Å². The van der Waals surface area contributed by atoms with Crippen LogP contribution in [0.2, 0.25) is 0 Å². The third kappa shape index (κ3) is 21.8. The Kier molecular flexibility index (Phi) is 32.4. The number of aliphatic hydroxyl groups is 8. The summed E-state index contributed by atoms with van der Waals surface area (Å²) in [7, 11) is -22.4. The van der Waals surface area contributed by atoms with Crippen molar-refractivity contribution in [3.63, 3.8) is 0 Å². The van der Waals surface area contributed by atoms with Gasteiger partial charge in [-0.2, -0.15) is 0 Å². The topological polar surface area (TPSA) is 681 Å². The number of hydrogen-bond acceptors (Lipinski definition) is 40. The van der Waals surface area contributed by atoms with E-state index in [4.69, 9.17) is 39.9 Å². The van der Waals surface area contributed by atoms with Gasteiger partial charge in [-0.15, -0.1) is 0 Å². The summed E-state index contributed by atoms with van der Waals surface area (Å²) in [5.41, 5.74) is 12.0. The fourth-order valence-corrected chi connectivity index (χ4v) is 12.2. The van der Waals surface area contributed by atoms with Crippen LogP contribution in [0.15, 0.2) is 25.3 Å². The molecule has 0 aromatic carbocycles. The monoisotopic (exact) mass is 1410 g/mol. The van der Waals surface area contributed by atoms with Crippen LogP contribution in [0.1, 0.15) is 38.1 Å². The van der Waals surface area contributed by atoms with Crippen LogP contribution in [-0.2, 0) is 92.6 Å². The molecule has 4 aromatic heterocycles. The van der Waals surface area contributed by atoms with E-state index >= 15 is 0 Å². The van der Waals surface area contributed by atoms with Crippen molar-refractivity contribution in [2.75, 3.05) is 37.9 Å². The number of ether oxygens (including phenoxy) is 6. The van der Waals surface area contributed by atoms with Gasteiger partial charge >= 0.3 is 146 Å². The van der Waals surface area contributed by atoms with Crippen molar-refractivity contribution in [1.82, 2.24) is 39.0 Å². The number of carbonyl (C=O) groups is 4. The minimum absolute atomic E-state index is 0. The predicted molar refractivity (Wildman–Crippen MR) is 254 cm³/mol. The first-order valence-corrected chi connectivity index (χ1v) is 30.1. The maximum Gasteiger partial charge on any atom is 1.00 e. The van der Waals surface area contributed by atoms with Gasteiger partial charge in [-0.25, -0.2) is 47.7 Å². The van der Waals surface area contributed by atoms with Gasteiger partial charge in [-0.1, -0.05) is 0 Å². The quantitative estimate of drug-likeness (QED) is 0.0158. The number of aliphatic hydroxyl groups excluding tert-OH is 8. The van der Waals surface area contributed by atoms with Crippen LogP contribution in [0, 0.1) is 0 Å². The van der Waals surface area contributed by atoms with E-state index in [0.717, 1.165) is 12.7 Å². The zero-order valence-electron chi connectivity index (χ0n) is 47.0. The van der Waals surface area contributed by atoms with Crippen molar-refractivity contribution in [3.05, 3.63) is 25.3 Å². The van der Waals surface area contributed by atoms with Gasteiger partial charge in [-0.05, 0) is 12.8 Å². The molecule has 20 atom stereocenters. The number of hydrogen-bond donors (Lipinski definition) is 12. The average Bonchev–Trinajstić information content (AvgIpc) is 1.65. The van der Waals surface area contributed by atoms with Gasteiger partial charge in [0.05, 0.1) is 51.9 Å². The molecule has 0 bridgehead atoms. The Labute approximate surface area is 591 Å². The Hall–Kier alpha value is -1.38. The van der Waals surface area contributed by atoms with Gasteiger partial charge < -0.3 is 129 Å². The summed E-state index contributed by atoms with van der Waals surface area (Å²) >= 11 is 0. The zero-order chi connectivity index (χ0) is 63.4. The van der Waals surface area contributed by atoms with Gasteiger partial charge in [0.25, 0.3) is 15.6 Å². The molecule has 6 unspecified atom stereocenters. The molecule has 90 heavy (non-hydrogen) atoms. The number of nitrogen functional groups attached to an aromatic ring is 2. The molecule has 4 fully saturated rings. The Morgan fingerprint density at radius 3 is 1.27 bits per heavy atom. The van der Waals surface area contributed by atoms with Crippen LogP contribution in [0.5, 0.6) is 0 Å². The molecule has 4 aliphatic heterocycles. The SMILES string of the molecule is Nc1ncnc2c1ncn2[C@@H]1O[C@H](COP(=O)([O-])OP(=O)(O)OC[C@H]2OC(O)[C@H](O)[C@@H]2OC(=O)CCC(=O)[O-])[C@@H](O)[C@H]1O.Nc1ncnc2c1ncn2[C@@H]1O[C@H](COP(=O)([O-])OP(=O)(O)OC[C@H]2OC(O)[C@H](OC(=O)CCC(=O)[O-])[C@@H]2O)[C@@H](O)[C@H]1O.[Na+].[Na+].[Na+].[Na+]. The number of fused-ring (bicyclic) bond motifs is 2. The summed E-state index contributed by atoms with van der Waals surface area (Å²) in [5, 5.41) is 102.